The number of carboxylic acids is 1. The Morgan fingerprint density at radius 1 is 1.29 bits per heavy atom. The van der Waals surface area contributed by atoms with Gasteiger partial charge < -0.3 is 5.11 Å². The summed E-state index contributed by atoms with van der Waals surface area (Å²) < 4.78 is 25.6. The SMILES string of the molecule is CCCS(=O)(=O)Nc1ccc(C(=O)C(Br)CC(=O)O)cc1. The minimum absolute atomic E-state index is 0.0236. The number of halogens is 1. The fraction of sp³-hybridized carbons (Fsp3) is 0.385. The summed E-state index contributed by atoms with van der Waals surface area (Å²) in [6.07, 6.45) is 0.191. The molecule has 0 aliphatic rings. The van der Waals surface area contributed by atoms with Gasteiger partial charge in [-0.3, -0.25) is 14.3 Å². The number of hydrogen-bond donors (Lipinski definition) is 2. The van der Waals surface area contributed by atoms with Crippen LogP contribution >= 0.6 is 15.9 Å². The molecule has 0 amide bonds. The lowest BCUT2D eigenvalue weighted by Crippen LogP contribution is -2.18. The second-order valence-corrected chi connectivity index (χ2v) is 7.38. The van der Waals surface area contributed by atoms with Crippen molar-refractivity contribution in [3.63, 3.8) is 0 Å². The Hall–Kier alpha value is -1.41. The third kappa shape index (κ3) is 5.84. The van der Waals surface area contributed by atoms with Crippen molar-refractivity contribution in [1.82, 2.24) is 0 Å². The number of nitrogens with one attached hydrogen (secondary N) is 1. The van der Waals surface area contributed by atoms with Gasteiger partial charge in [-0.2, -0.15) is 0 Å². The normalized spacial score (nSPS) is 12.7. The van der Waals surface area contributed by atoms with Crippen molar-refractivity contribution in [3.8, 4) is 0 Å². The molecule has 21 heavy (non-hydrogen) atoms. The van der Waals surface area contributed by atoms with Crippen molar-refractivity contribution < 1.29 is 23.1 Å². The summed E-state index contributed by atoms with van der Waals surface area (Å²) in [5.41, 5.74) is 0.681. The van der Waals surface area contributed by atoms with Crippen LogP contribution in [-0.2, 0) is 14.8 Å². The number of carbonyl (C=O) groups is 2. The molecule has 6 nitrogen and oxygen atoms in total. The van der Waals surface area contributed by atoms with E-state index in [0.717, 1.165) is 0 Å². The van der Waals surface area contributed by atoms with Crippen molar-refractivity contribution in [2.75, 3.05) is 10.5 Å². The van der Waals surface area contributed by atoms with Crippen molar-refractivity contribution >= 4 is 43.4 Å². The van der Waals surface area contributed by atoms with Crippen LogP contribution in [0, 0.1) is 0 Å². The van der Waals surface area contributed by atoms with Crippen LogP contribution in [-0.4, -0.2) is 35.9 Å². The highest BCUT2D eigenvalue weighted by molar-refractivity contribution is 9.10. The van der Waals surface area contributed by atoms with Gasteiger partial charge >= 0.3 is 5.97 Å². The molecule has 0 radical (unpaired) electrons. The van der Waals surface area contributed by atoms with E-state index in [1.165, 1.54) is 24.3 Å². The first-order valence-electron chi connectivity index (χ1n) is 6.26. The van der Waals surface area contributed by atoms with Crippen LogP contribution in [0.15, 0.2) is 24.3 Å². The second kappa shape index (κ2) is 7.56. The number of benzene rings is 1. The van der Waals surface area contributed by atoms with Gasteiger partial charge in [0.15, 0.2) is 5.78 Å². The number of rotatable bonds is 8. The molecule has 0 bridgehead atoms. The molecule has 0 fully saturated rings. The highest BCUT2D eigenvalue weighted by Crippen LogP contribution is 2.17. The van der Waals surface area contributed by atoms with E-state index < -0.39 is 20.8 Å². The summed E-state index contributed by atoms with van der Waals surface area (Å²) in [5.74, 6) is -1.41. The van der Waals surface area contributed by atoms with Crippen LogP contribution in [0.5, 0.6) is 0 Å². The van der Waals surface area contributed by atoms with Gasteiger partial charge in [0.25, 0.3) is 0 Å². The van der Waals surface area contributed by atoms with E-state index in [0.29, 0.717) is 17.7 Å². The first-order chi connectivity index (χ1) is 9.75. The number of ketones is 1. The number of sulfonamides is 1. The number of anilines is 1. The molecule has 1 atom stereocenters. The zero-order valence-corrected chi connectivity index (χ0v) is 13.8. The standard InChI is InChI=1S/C13H16BrNO5S/c1-2-7-21(19,20)15-10-5-3-9(4-6-10)13(18)11(14)8-12(16)17/h3-6,11,15H,2,7-8H2,1H3,(H,16,17). The van der Waals surface area contributed by atoms with Gasteiger partial charge in [0.05, 0.1) is 17.0 Å². The summed E-state index contributed by atoms with van der Waals surface area (Å²) in [5, 5.41) is 8.64. The maximum absolute atomic E-state index is 11.9. The van der Waals surface area contributed by atoms with Gasteiger partial charge in [0, 0.05) is 11.3 Å². The number of carboxylic acid groups (broad SMARTS) is 1. The average molecular weight is 378 g/mol. The summed E-state index contributed by atoms with van der Waals surface area (Å²) in [6, 6.07) is 5.87. The highest BCUT2D eigenvalue weighted by Gasteiger charge is 2.20. The minimum atomic E-state index is -3.37. The highest BCUT2D eigenvalue weighted by atomic mass is 79.9. The third-order valence-corrected chi connectivity index (χ3v) is 4.79. The number of hydrogen-bond acceptors (Lipinski definition) is 4. The van der Waals surface area contributed by atoms with Gasteiger partial charge in [-0.1, -0.05) is 22.9 Å². The van der Waals surface area contributed by atoms with Gasteiger partial charge in [-0.05, 0) is 30.7 Å². The zero-order valence-electron chi connectivity index (χ0n) is 11.4. The second-order valence-electron chi connectivity index (χ2n) is 4.43. The molecule has 0 heterocycles. The molecule has 0 aliphatic heterocycles. The Kier molecular flexibility index (Phi) is 6.35. The Bertz CT molecular complexity index is 612. The van der Waals surface area contributed by atoms with Crippen molar-refractivity contribution in [2.45, 2.75) is 24.6 Å². The molecule has 0 aromatic heterocycles. The molecule has 0 spiro atoms. The van der Waals surface area contributed by atoms with E-state index in [1.807, 2.05) is 0 Å². The topological polar surface area (TPSA) is 101 Å². The molecule has 116 valence electrons. The van der Waals surface area contributed by atoms with Crippen molar-refractivity contribution in [2.24, 2.45) is 0 Å². The fourth-order valence-corrected chi connectivity index (χ4v) is 3.30. The monoisotopic (exact) mass is 377 g/mol. The van der Waals surface area contributed by atoms with Crippen LogP contribution in [0.1, 0.15) is 30.1 Å². The smallest absolute Gasteiger partial charge is 0.304 e. The largest absolute Gasteiger partial charge is 0.481 e. The summed E-state index contributed by atoms with van der Waals surface area (Å²) in [6.45, 7) is 1.76. The van der Waals surface area contributed by atoms with Crippen LogP contribution < -0.4 is 4.72 Å². The lowest BCUT2D eigenvalue weighted by Gasteiger charge is -2.09. The summed E-state index contributed by atoms with van der Waals surface area (Å²) in [4.78, 5) is 21.7. The van der Waals surface area contributed by atoms with Crippen LogP contribution in [0.3, 0.4) is 0 Å². The van der Waals surface area contributed by atoms with E-state index >= 15 is 0 Å². The molecule has 1 aromatic rings. The van der Waals surface area contributed by atoms with Gasteiger partial charge in [0.2, 0.25) is 10.0 Å². The molecule has 2 N–H and O–H groups in total. The number of Topliss-reactive ketones (excluding diaryl/α,β-unsaturated/α-hetero) is 1. The van der Waals surface area contributed by atoms with Crippen molar-refractivity contribution in [1.29, 1.82) is 0 Å². The summed E-state index contributed by atoms with van der Waals surface area (Å²) in [7, 11) is -3.37. The maximum Gasteiger partial charge on any atom is 0.304 e. The third-order valence-electron chi connectivity index (χ3n) is 2.55. The van der Waals surface area contributed by atoms with E-state index in [9.17, 15) is 18.0 Å². The van der Waals surface area contributed by atoms with E-state index in [2.05, 4.69) is 20.7 Å². The molecule has 8 heteroatoms. The van der Waals surface area contributed by atoms with E-state index in [-0.39, 0.29) is 18.0 Å². The van der Waals surface area contributed by atoms with Gasteiger partial charge in [-0.25, -0.2) is 8.42 Å². The number of aliphatic carboxylic acids is 1. The molecule has 0 aliphatic carbocycles. The van der Waals surface area contributed by atoms with Crippen LogP contribution in [0.25, 0.3) is 0 Å². The Balaban J connectivity index is 2.78. The lowest BCUT2D eigenvalue weighted by atomic mass is 10.1. The van der Waals surface area contributed by atoms with Crippen LogP contribution in [0.4, 0.5) is 5.69 Å². The average Bonchev–Trinajstić information content (AvgIpc) is 2.37. The first-order valence-corrected chi connectivity index (χ1v) is 8.82. The minimum Gasteiger partial charge on any atom is -0.481 e. The quantitative estimate of drug-likeness (QED) is 0.534. The maximum atomic E-state index is 11.9. The van der Waals surface area contributed by atoms with E-state index in [1.54, 1.807) is 6.92 Å². The van der Waals surface area contributed by atoms with Crippen LogP contribution in [0.2, 0.25) is 0 Å². The Morgan fingerprint density at radius 3 is 2.33 bits per heavy atom. The molecular weight excluding hydrogens is 362 g/mol. The first kappa shape index (κ1) is 17.6. The molecule has 0 saturated heterocycles. The van der Waals surface area contributed by atoms with E-state index in [4.69, 9.17) is 5.11 Å². The van der Waals surface area contributed by atoms with Gasteiger partial charge in [0.1, 0.15) is 0 Å². The molecule has 0 saturated carbocycles. The molecule has 1 unspecified atom stereocenters. The number of alkyl halides is 1. The zero-order chi connectivity index (χ0) is 16.0. The molecule has 1 rings (SSSR count). The fourth-order valence-electron chi connectivity index (χ4n) is 1.63. The Morgan fingerprint density at radius 2 is 1.86 bits per heavy atom. The molecular formula is C13H16BrNO5S. The van der Waals surface area contributed by atoms with Gasteiger partial charge in [-0.15, -0.1) is 0 Å². The Labute approximate surface area is 131 Å². The number of carbonyl (C=O) groups excluding carboxylic acids is 1. The molecule has 1 aromatic carbocycles. The van der Waals surface area contributed by atoms with Crippen molar-refractivity contribution in [3.05, 3.63) is 29.8 Å². The summed E-state index contributed by atoms with van der Waals surface area (Å²) >= 11 is 3.03. The predicted octanol–water partition coefficient (Wildman–Crippen LogP) is 2.26. The lowest BCUT2D eigenvalue weighted by molar-refractivity contribution is -0.136. The predicted molar refractivity (Wildman–Crippen MR) is 83.4 cm³/mol.